The quantitative estimate of drug-likeness (QED) is 0.117. The molecular weight excluding hydrogens is 613 g/mol. The third-order valence-corrected chi connectivity index (χ3v) is 12.2. The molecule has 3 saturated heterocycles. The molecule has 0 aliphatic carbocycles. The minimum absolute atomic E-state index is 0.0524. The Morgan fingerprint density at radius 1 is 0.956 bits per heavy atom. The van der Waals surface area contributed by atoms with E-state index in [1.54, 1.807) is 0 Å². The molecule has 0 aromatic carbocycles. The number of hydrogen-bond donors (Lipinski definition) is 7. The lowest BCUT2D eigenvalue weighted by atomic mass is 9.89. The zero-order valence-corrected chi connectivity index (χ0v) is 28.2. The Bertz CT molecular complexity index is 1720. The summed E-state index contributed by atoms with van der Waals surface area (Å²) in [7, 11) is 0. The molecule has 2 aromatic heterocycles. The fourth-order valence-electron chi connectivity index (χ4n) is 7.17. The van der Waals surface area contributed by atoms with Crippen LogP contribution in [0.15, 0.2) is 5.70 Å². The summed E-state index contributed by atoms with van der Waals surface area (Å²) in [6.45, 7) is 11.9. The van der Waals surface area contributed by atoms with Gasteiger partial charge in [-0.15, -0.1) is 0 Å². The molecule has 5 rings (SSSR count). The highest BCUT2D eigenvalue weighted by Crippen LogP contribution is 2.49. The first-order chi connectivity index (χ1) is 21.1. The van der Waals surface area contributed by atoms with Gasteiger partial charge in [-0.05, 0) is 74.1 Å². The fraction of sp³-hybridized carbons (Fsp3) is 0.515. The van der Waals surface area contributed by atoms with Gasteiger partial charge >= 0.3 is 11.9 Å². The molecule has 2 unspecified atom stereocenters. The zero-order chi connectivity index (χ0) is 33.0. The molecule has 2 amide bonds. The molecule has 3 fully saturated rings. The number of rotatable bonds is 10. The number of hydrogen-bond acceptors (Lipinski definition) is 5. The van der Waals surface area contributed by atoms with Crippen LogP contribution in [0.1, 0.15) is 74.2 Å². The normalized spacial score (nSPS) is 29.9. The number of carboxylic acids is 2. The summed E-state index contributed by atoms with van der Waals surface area (Å²) in [5, 5.41) is 27.0. The zero-order valence-electron chi connectivity index (χ0n) is 26.4. The van der Waals surface area contributed by atoms with Gasteiger partial charge in [0.1, 0.15) is 0 Å². The lowest BCUT2D eigenvalue weighted by Crippen LogP contribution is -2.30. The van der Waals surface area contributed by atoms with Gasteiger partial charge in [-0.1, -0.05) is 20.8 Å². The third kappa shape index (κ3) is 6.10. The molecule has 10 nitrogen and oxygen atoms in total. The summed E-state index contributed by atoms with van der Waals surface area (Å²) in [6.07, 6.45) is 6.35. The summed E-state index contributed by atoms with van der Waals surface area (Å²) < 4.78 is -0.338. The van der Waals surface area contributed by atoms with Crippen molar-refractivity contribution in [2.45, 2.75) is 88.5 Å². The maximum absolute atomic E-state index is 12.9. The van der Waals surface area contributed by atoms with Crippen molar-refractivity contribution in [1.29, 1.82) is 0 Å². The maximum Gasteiger partial charge on any atom is 0.303 e. The van der Waals surface area contributed by atoms with Crippen LogP contribution in [0.3, 0.4) is 0 Å². The Morgan fingerprint density at radius 2 is 1.58 bits per heavy atom. The minimum atomic E-state index is -0.910. The van der Waals surface area contributed by atoms with E-state index in [-0.39, 0.29) is 64.9 Å². The number of allylic oxidation sites excluding steroid dienone is 1. The first-order valence-corrected chi connectivity index (χ1v) is 16.9. The van der Waals surface area contributed by atoms with Crippen LogP contribution in [0, 0.1) is 31.6 Å². The largest absolute Gasteiger partial charge is 0.481 e. The Labute approximate surface area is 272 Å². The number of thiol groups is 2. The average molecular weight is 656 g/mol. The van der Waals surface area contributed by atoms with Gasteiger partial charge in [0.15, 0.2) is 5.25 Å². The van der Waals surface area contributed by atoms with E-state index < -0.39 is 11.9 Å². The number of amides is 2. The molecule has 3 aliphatic rings. The summed E-state index contributed by atoms with van der Waals surface area (Å²) >= 11 is 5.79. The van der Waals surface area contributed by atoms with E-state index >= 15 is 0 Å². The summed E-state index contributed by atoms with van der Waals surface area (Å²) in [6, 6.07) is -0.157. The van der Waals surface area contributed by atoms with E-state index in [1.165, 1.54) is 0 Å². The second-order valence-electron chi connectivity index (χ2n) is 12.8. The smallest absolute Gasteiger partial charge is 0.303 e. The highest BCUT2D eigenvalue weighted by molar-refractivity contribution is 7.90. The van der Waals surface area contributed by atoms with Gasteiger partial charge in [0.2, 0.25) is 5.91 Å². The number of aliphatic carboxylic acids is 2. The van der Waals surface area contributed by atoms with Gasteiger partial charge in [0.05, 0.1) is 6.04 Å². The number of aromatic nitrogens is 2. The number of carboxylic acid groups (broad SMARTS) is 2. The van der Waals surface area contributed by atoms with Crippen LogP contribution in [0.4, 0.5) is 0 Å². The van der Waals surface area contributed by atoms with Crippen molar-refractivity contribution < 1.29 is 29.4 Å². The molecule has 3 aliphatic heterocycles. The van der Waals surface area contributed by atoms with Crippen LogP contribution in [-0.2, 0) is 43.8 Å². The van der Waals surface area contributed by atoms with E-state index in [0.717, 1.165) is 56.1 Å². The van der Waals surface area contributed by atoms with Crippen molar-refractivity contribution in [3.8, 4) is 0 Å². The lowest BCUT2D eigenvalue weighted by Gasteiger charge is -2.17. The van der Waals surface area contributed by atoms with Crippen molar-refractivity contribution in [3.05, 3.63) is 50.0 Å². The first kappa shape index (κ1) is 33.0. The molecule has 7 atom stereocenters. The molecule has 0 radical (unpaired) electrons. The van der Waals surface area contributed by atoms with Crippen LogP contribution in [0.25, 0.3) is 18.2 Å². The Balaban J connectivity index is 1.62. The molecule has 5 heterocycles. The van der Waals surface area contributed by atoms with Crippen molar-refractivity contribution in [2.24, 2.45) is 17.8 Å². The van der Waals surface area contributed by atoms with E-state index in [4.69, 9.17) is 0 Å². The van der Waals surface area contributed by atoms with Crippen molar-refractivity contribution in [2.75, 3.05) is 0 Å². The Kier molecular flexibility index (Phi) is 9.12. The highest BCUT2D eigenvalue weighted by Gasteiger charge is 2.77. The van der Waals surface area contributed by atoms with Crippen LogP contribution in [-0.4, -0.2) is 65.2 Å². The molecule has 0 saturated carbocycles. The van der Waals surface area contributed by atoms with Crippen LogP contribution in [0.2, 0.25) is 0 Å². The van der Waals surface area contributed by atoms with Gasteiger partial charge in [-0.2, -0.15) is 12.6 Å². The second kappa shape index (κ2) is 12.4. The van der Waals surface area contributed by atoms with E-state index in [2.05, 4.69) is 47.1 Å². The van der Waals surface area contributed by atoms with Crippen molar-refractivity contribution >= 4 is 66.4 Å². The van der Waals surface area contributed by atoms with Crippen molar-refractivity contribution in [1.82, 2.24) is 20.6 Å². The second-order valence-corrected chi connectivity index (χ2v) is 15.4. The monoisotopic (exact) mass is 655 g/mol. The molecule has 2 aromatic rings. The molecule has 1 spiro atoms. The molecule has 45 heavy (non-hydrogen) atoms. The van der Waals surface area contributed by atoms with Gasteiger partial charge in [-0.25, -0.2) is 0 Å². The first-order valence-electron chi connectivity index (χ1n) is 15.4. The number of aromatic amines is 2. The predicted octanol–water partition coefficient (Wildman–Crippen LogP) is 1.73. The van der Waals surface area contributed by atoms with Crippen LogP contribution < -0.4 is 21.3 Å². The summed E-state index contributed by atoms with van der Waals surface area (Å²) in [5.41, 5.74) is 5.71. The number of carbonyl (C=O) groups excluding carboxylic acids is 2. The van der Waals surface area contributed by atoms with Crippen LogP contribution in [0.5, 0.6) is 0 Å². The van der Waals surface area contributed by atoms with E-state index in [9.17, 15) is 29.4 Å². The minimum Gasteiger partial charge on any atom is -0.481 e. The predicted molar refractivity (Wildman–Crippen MR) is 180 cm³/mol. The van der Waals surface area contributed by atoms with Gasteiger partial charge in [-0.3, -0.25) is 19.2 Å². The molecule has 242 valence electrons. The van der Waals surface area contributed by atoms with Crippen molar-refractivity contribution in [3.63, 3.8) is 0 Å². The highest BCUT2D eigenvalue weighted by atomic mass is 32.2. The Hall–Kier alpha value is -3.38. The number of carbonyl (C=O) groups is 4. The molecule has 12 heteroatoms. The summed E-state index contributed by atoms with van der Waals surface area (Å²) in [4.78, 5) is 55.5. The third-order valence-electron chi connectivity index (χ3n) is 9.98. The molecule has 0 bridgehead atoms. The number of H-pyrrole nitrogens is 2. The maximum atomic E-state index is 12.9. The fourth-order valence-corrected chi connectivity index (χ4v) is 9.09. The van der Waals surface area contributed by atoms with Gasteiger partial charge in [0, 0.05) is 75.4 Å². The SMILES string of the molecule is Cc1c(/C=C2\NC(=O)[C@H](C)[C@H]2[C@H](C)S)[nH]c(/C=c2\[nH]/c(=C/[C@H]3NC(=O)[C@]4([SH+]C4C)C3C)c(C)c2CCC(=O)O)c1CCC(=O)O. The standard InChI is InChI=1S/C33H42N4O6S2/c1-14-20(7-9-28(38)39)25(34-22(14)11-24-17(4)33(19(6)45-33)32(43)37-24)13-26-21(8-10-29(40)41)15(2)23(35-26)12-27-30(18(5)44)16(3)31(42)36-27/h11-13,16-19,24,30,34-35,44H,7-10H2,1-6H3,(H,36,42)(H,37,43)(H,38,39)(H,40,41)/p+1/b22-11+,25-13-,27-12-/t16-,17?,18+,19?,24-,30+,33+/m1/s1. The molecular formula is C33H43N4O6S2+. The lowest BCUT2D eigenvalue weighted by molar-refractivity contribution is -0.138. The van der Waals surface area contributed by atoms with E-state index in [0.29, 0.717) is 17.4 Å². The average Bonchev–Trinajstić information content (AvgIpc) is 3.13. The summed E-state index contributed by atoms with van der Waals surface area (Å²) in [5.74, 6) is -1.99. The Morgan fingerprint density at radius 3 is 2.13 bits per heavy atom. The van der Waals surface area contributed by atoms with Crippen LogP contribution >= 0.6 is 12.6 Å². The topological polar surface area (TPSA) is 164 Å². The molecule has 6 N–H and O–H groups in total. The number of nitrogens with one attached hydrogen (secondary N) is 4. The van der Waals surface area contributed by atoms with Gasteiger partial charge < -0.3 is 30.8 Å². The van der Waals surface area contributed by atoms with Gasteiger partial charge in [0.25, 0.3) is 10.7 Å². The van der Waals surface area contributed by atoms with E-state index in [1.807, 2.05) is 45.9 Å².